The molecule has 9 heteroatoms. The molecule has 1 aliphatic heterocycles. The Morgan fingerprint density at radius 3 is 2.74 bits per heavy atom. The van der Waals surface area contributed by atoms with E-state index < -0.39 is 5.82 Å². The van der Waals surface area contributed by atoms with E-state index in [4.69, 9.17) is 4.74 Å². The van der Waals surface area contributed by atoms with E-state index in [1.807, 2.05) is 47.5 Å². The smallest absolute Gasteiger partial charge is 0.228 e. The van der Waals surface area contributed by atoms with Gasteiger partial charge in [-0.1, -0.05) is 12.1 Å². The first-order valence-electron chi connectivity index (χ1n) is 11.2. The Morgan fingerprint density at radius 2 is 1.97 bits per heavy atom. The van der Waals surface area contributed by atoms with Crippen LogP contribution in [0.25, 0.3) is 17.0 Å². The van der Waals surface area contributed by atoms with Crippen molar-refractivity contribution in [1.82, 2.24) is 24.3 Å². The number of nitrogens with zero attached hydrogens (tertiary/aromatic N) is 5. The number of aromatic nitrogens is 4. The first-order chi connectivity index (χ1) is 16.5. The number of ether oxygens (including phenoxy) is 1. The SMILES string of the molecule is COc1cc(C2CCN(C(C)=O)CC2)ccc1Nc1ncc(F)c(-c2cnc3ccccn23)n1. The largest absolute Gasteiger partial charge is 0.495 e. The van der Waals surface area contributed by atoms with Gasteiger partial charge in [0.25, 0.3) is 0 Å². The predicted molar refractivity (Wildman–Crippen MR) is 127 cm³/mol. The minimum Gasteiger partial charge on any atom is -0.495 e. The lowest BCUT2D eigenvalue weighted by Crippen LogP contribution is -2.36. The van der Waals surface area contributed by atoms with Gasteiger partial charge in [0.1, 0.15) is 17.1 Å². The number of imidazole rings is 1. The normalized spacial score (nSPS) is 14.4. The van der Waals surface area contributed by atoms with Crippen molar-refractivity contribution in [2.24, 2.45) is 0 Å². The van der Waals surface area contributed by atoms with Crippen molar-refractivity contribution < 1.29 is 13.9 Å². The molecule has 1 amide bonds. The Bertz CT molecular complexity index is 1350. The average molecular weight is 461 g/mol. The van der Waals surface area contributed by atoms with Gasteiger partial charge in [-0.15, -0.1) is 0 Å². The molecule has 0 atom stereocenters. The number of methoxy groups -OCH3 is 1. The van der Waals surface area contributed by atoms with E-state index >= 15 is 0 Å². The molecule has 0 spiro atoms. The molecular weight excluding hydrogens is 435 g/mol. The van der Waals surface area contributed by atoms with Crippen LogP contribution in [0.4, 0.5) is 16.0 Å². The van der Waals surface area contributed by atoms with Crippen molar-refractivity contribution in [3.05, 3.63) is 66.4 Å². The Kier molecular flexibility index (Phi) is 5.83. The minimum atomic E-state index is -0.532. The molecule has 0 aliphatic carbocycles. The lowest BCUT2D eigenvalue weighted by atomic mass is 9.89. The van der Waals surface area contributed by atoms with Gasteiger partial charge in [0.15, 0.2) is 5.82 Å². The maximum Gasteiger partial charge on any atom is 0.228 e. The molecule has 0 unspecified atom stereocenters. The lowest BCUT2D eigenvalue weighted by molar-refractivity contribution is -0.129. The van der Waals surface area contributed by atoms with Gasteiger partial charge in [-0.2, -0.15) is 0 Å². The summed E-state index contributed by atoms with van der Waals surface area (Å²) in [7, 11) is 1.61. The highest BCUT2D eigenvalue weighted by Crippen LogP contribution is 2.35. The molecule has 174 valence electrons. The number of halogens is 1. The second-order valence-corrected chi connectivity index (χ2v) is 8.33. The van der Waals surface area contributed by atoms with Crippen LogP contribution in [0.5, 0.6) is 5.75 Å². The van der Waals surface area contributed by atoms with E-state index in [9.17, 15) is 9.18 Å². The maximum absolute atomic E-state index is 14.6. The van der Waals surface area contributed by atoms with Crippen LogP contribution >= 0.6 is 0 Å². The number of likely N-dealkylation sites (tertiary alicyclic amines) is 1. The van der Waals surface area contributed by atoms with Gasteiger partial charge in [-0.3, -0.25) is 9.20 Å². The summed E-state index contributed by atoms with van der Waals surface area (Å²) >= 11 is 0. The fourth-order valence-electron chi connectivity index (χ4n) is 4.43. The molecule has 1 aromatic carbocycles. The number of rotatable bonds is 5. The number of pyridine rings is 1. The quantitative estimate of drug-likeness (QED) is 0.475. The van der Waals surface area contributed by atoms with Gasteiger partial charge in [0.05, 0.1) is 30.9 Å². The number of anilines is 2. The third kappa shape index (κ3) is 4.16. The second-order valence-electron chi connectivity index (χ2n) is 8.33. The van der Waals surface area contributed by atoms with Crippen LogP contribution in [0.3, 0.4) is 0 Å². The lowest BCUT2D eigenvalue weighted by Gasteiger charge is -2.31. The van der Waals surface area contributed by atoms with Crippen molar-refractivity contribution in [1.29, 1.82) is 0 Å². The van der Waals surface area contributed by atoms with Crippen LogP contribution in [0, 0.1) is 5.82 Å². The van der Waals surface area contributed by atoms with Crippen LogP contribution < -0.4 is 10.1 Å². The number of fused-ring (bicyclic) bond motifs is 1. The number of piperidine rings is 1. The molecule has 0 saturated carbocycles. The third-order valence-corrected chi connectivity index (χ3v) is 6.29. The average Bonchev–Trinajstić information content (AvgIpc) is 3.29. The summed E-state index contributed by atoms with van der Waals surface area (Å²) in [5.41, 5.74) is 3.25. The van der Waals surface area contributed by atoms with Gasteiger partial charge in [-0.05, 0) is 48.6 Å². The number of amides is 1. The number of hydrogen-bond donors (Lipinski definition) is 1. The van der Waals surface area contributed by atoms with Gasteiger partial charge < -0.3 is 15.0 Å². The van der Waals surface area contributed by atoms with E-state index in [2.05, 4.69) is 20.3 Å². The van der Waals surface area contributed by atoms with Crippen LogP contribution in [0.2, 0.25) is 0 Å². The second kappa shape index (κ2) is 9.09. The summed E-state index contributed by atoms with van der Waals surface area (Å²) in [6.07, 6.45) is 6.39. The summed E-state index contributed by atoms with van der Waals surface area (Å²) in [4.78, 5) is 26.3. The van der Waals surface area contributed by atoms with Gasteiger partial charge >= 0.3 is 0 Å². The minimum absolute atomic E-state index is 0.123. The standard InChI is InChI=1S/C25H25FN6O2/c1-16(33)31-11-8-17(9-12-31)18-6-7-20(22(13-18)34-2)29-25-28-14-19(26)24(30-25)21-15-27-23-5-3-4-10-32(21)23/h3-7,10,13-15,17H,8-9,11-12H2,1-2H3,(H,28,29,30). The molecule has 1 saturated heterocycles. The molecule has 1 fully saturated rings. The van der Waals surface area contributed by atoms with Crippen LogP contribution in [0.15, 0.2) is 55.0 Å². The summed E-state index contributed by atoms with van der Waals surface area (Å²) in [6, 6.07) is 11.5. The Labute approximate surface area is 196 Å². The molecule has 0 bridgehead atoms. The number of carbonyl (C=O) groups excluding carboxylic acids is 1. The van der Waals surface area contributed by atoms with E-state index in [0.717, 1.165) is 37.7 Å². The monoisotopic (exact) mass is 460 g/mol. The first-order valence-corrected chi connectivity index (χ1v) is 11.2. The number of nitrogens with one attached hydrogen (secondary N) is 1. The van der Waals surface area contributed by atoms with Gasteiger partial charge in [-0.25, -0.2) is 19.3 Å². The molecule has 4 heterocycles. The molecule has 34 heavy (non-hydrogen) atoms. The van der Waals surface area contributed by atoms with Crippen molar-refractivity contribution in [3.8, 4) is 17.1 Å². The van der Waals surface area contributed by atoms with Crippen LogP contribution in [-0.4, -0.2) is 50.4 Å². The first kappa shape index (κ1) is 21.8. The highest BCUT2D eigenvalue weighted by molar-refractivity contribution is 5.73. The van der Waals surface area contributed by atoms with Crippen molar-refractivity contribution >= 4 is 23.2 Å². The molecule has 4 aromatic rings. The fraction of sp³-hybridized carbons (Fsp3) is 0.280. The van der Waals surface area contributed by atoms with Crippen LogP contribution in [0.1, 0.15) is 31.2 Å². The molecule has 3 aromatic heterocycles. The number of carbonyl (C=O) groups is 1. The molecule has 8 nitrogen and oxygen atoms in total. The summed E-state index contributed by atoms with van der Waals surface area (Å²) in [5.74, 6) is 0.856. The van der Waals surface area contributed by atoms with Crippen molar-refractivity contribution in [3.63, 3.8) is 0 Å². The Balaban J connectivity index is 1.39. The summed E-state index contributed by atoms with van der Waals surface area (Å²) in [6.45, 7) is 3.14. The third-order valence-electron chi connectivity index (χ3n) is 6.29. The Hall–Kier alpha value is -4.01. The van der Waals surface area contributed by atoms with Crippen molar-refractivity contribution in [2.45, 2.75) is 25.7 Å². The highest BCUT2D eigenvalue weighted by atomic mass is 19.1. The molecule has 1 aliphatic rings. The summed E-state index contributed by atoms with van der Waals surface area (Å²) in [5, 5.41) is 3.16. The zero-order valence-electron chi connectivity index (χ0n) is 19.0. The molecular formula is C25H25FN6O2. The predicted octanol–water partition coefficient (Wildman–Crippen LogP) is 4.41. The molecule has 1 N–H and O–H groups in total. The number of hydrogen-bond acceptors (Lipinski definition) is 6. The molecule has 0 radical (unpaired) electrons. The zero-order valence-corrected chi connectivity index (χ0v) is 19.0. The summed E-state index contributed by atoms with van der Waals surface area (Å²) < 4.78 is 22.0. The van der Waals surface area contributed by atoms with E-state index in [1.54, 1.807) is 24.6 Å². The Morgan fingerprint density at radius 1 is 1.15 bits per heavy atom. The van der Waals surface area contributed by atoms with E-state index in [-0.39, 0.29) is 17.5 Å². The van der Waals surface area contributed by atoms with Crippen LogP contribution in [-0.2, 0) is 4.79 Å². The number of benzene rings is 1. The fourth-order valence-corrected chi connectivity index (χ4v) is 4.43. The van der Waals surface area contributed by atoms with Gasteiger partial charge in [0.2, 0.25) is 11.9 Å². The van der Waals surface area contributed by atoms with E-state index in [0.29, 0.717) is 28.7 Å². The highest BCUT2D eigenvalue weighted by Gasteiger charge is 2.23. The van der Waals surface area contributed by atoms with E-state index in [1.165, 1.54) is 0 Å². The van der Waals surface area contributed by atoms with Crippen molar-refractivity contribution in [2.75, 3.05) is 25.5 Å². The zero-order chi connectivity index (χ0) is 23.7. The molecule has 5 rings (SSSR count). The maximum atomic E-state index is 14.6. The van der Waals surface area contributed by atoms with Gasteiger partial charge in [0, 0.05) is 26.2 Å². The topological polar surface area (TPSA) is 84.6 Å².